The van der Waals surface area contributed by atoms with Crippen LogP contribution in [0.3, 0.4) is 0 Å². The first-order valence-corrected chi connectivity index (χ1v) is 9.10. The molecule has 1 N–H and O–H groups in total. The number of nitro benzene ring substituents is 1. The Morgan fingerprint density at radius 1 is 1.23 bits per heavy atom. The molecule has 0 radical (unpaired) electrons. The Kier molecular flexibility index (Phi) is 6.71. The van der Waals surface area contributed by atoms with Crippen molar-refractivity contribution in [2.75, 3.05) is 25.6 Å². The van der Waals surface area contributed by atoms with Crippen LogP contribution in [-0.4, -0.2) is 41.4 Å². The van der Waals surface area contributed by atoms with Crippen LogP contribution in [0.15, 0.2) is 52.9 Å². The van der Waals surface area contributed by atoms with Gasteiger partial charge >= 0.3 is 5.97 Å². The zero-order valence-electron chi connectivity index (χ0n) is 16.4. The number of hydrogen-bond acceptors (Lipinski definition) is 9. The lowest BCUT2D eigenvalue weighted by Gasteiger charge is -2.13. The second-order valence-electron chi connectivity index (χ2n) is 6.27. The Hall–Kier alpha value is -3.79. The third kappa shape index (κ3) is 4.97. The standard InChI is InChI=1S/C20H20N4O6/c1-13(18-22-23-19(30-18)14-6-4-3-5-7-14)29-20(25)16-12-15(24(26)27)8-9-17(16)21-10-11-28-2/h3-9,12-13,21H,10-11H2,1-2H3/t13-/m1/s1. The zero-order chi connectivity index (χ0) is 21.5. The molecule has 1 atom stereocenters. The number of anilines is 1. The smallest absolute Gasteiger partial charge is 0.341 e. The van der Waals surface area contributed by atoms with Gasteiger partial charge < -0.3 is 19.2 Å². The summed E-state index contributed by atoms with van der Waals surface area (Å²) in [6.45, 7) is 2.38. The van der Waals surface area contributed by atoms with E-state index >= 15 is 0 Å². The van der Waals surface area contributed by atoms with Gasteiger partial charge in [-0.3, -0.25) is 10.1 Å². The highest BCUT2D eigenvalue weighted by Crippen LogP contribution is 2.27. The normalized spacial score (nSPS) is 11.7. The SMILES string of the molecule is COCCNc1ccc([N+](=O)[O-])cc1C(=O)O[C@H](C)c1nnc(-c2ccccc2)o1. The number of nitro groups is 1. The van der Waals surface area contributed by atoms with E-state index < -0.39 is 17.0 Å². The van der Waals surface area contributed by atoms with E-state index in [-0.39, 0.29) is 17.1 Å². The Morgan fingerprint density at radius 2 is 2.00 bits per heavy atom. The van der Waals surface area contributed by atoms with E-state index in [9.17, 15) is 14.9 Å². The van der Waals surface area contributed by atoms with Gasteiger partial charge in [-0.05, 0) is 25.1 Å². The lowest BCUT2D eigenvalue weighted by Crippen LogP contribution is -2.15. The molecule has 3 aromatic rings. The van der Waals surface area contributed by atoms with E-state index in [0.29, 0.717) is 24.7 Å². The van der Waals surface area contributed by atoms with Gasteiger partial charge in [-0.25, -0.2) is 4.79 Å². The number of hydrogen-bond donors (Lipinski definition) is 1. The molecule has 1 heterocycles. The van der Waals surface area contributed by atoms with Gasteiger partial charge in [-0.15, -0.1) is 10.2 Å². The van der Waals surface area contributed by atoms with Gasteiger partial charge in [0, 0.05) is 37.0 Å². The summed E-state index contributed by atoms with van der Waals surface area (Å²) in [5.41, 5.74) is 0.925. The minimum absolute atomic E-state index is 0.0231. The molecule has 10 heteroatoms. The fourth-order valence-corrected chi connectivity index (χ4v) is 2.63. The number of benzene rings is 2. The van der Waals surface area contributed by atoms with Crippen molar-refractivity contribution in [1.82, 2.24) is 10.2 Å². The fourth-order valence-electron chi connectivity index (χ4n) is 2.63. The van der Waals surface area contributed by atoms with Gasteiger partial charge in [0.25, 0.3) is 11.6 Å². The van der Waals surface area contributed by atoms with Gasteiger partial charge in [-0.1, -0.05) is 18.2 Å². The van der Waals surface area contributed by atoms with Gasteiger partial charge in [0.2, 0.25) is 5.89 Å². The molecule has 2 aromatic carbocycles. The molecular weight excluding hydrogens is 392 g/mol. The summed E-state index contributed by atoms with van der Waals surface area (Å²) in [5, 5.41) is 22.0. The van der Waals surface area contributed by atoms with Crippen LogP contribution < -0.4 is 5.32 Å². The van der Waals surface area contributed by atoms with E-state index in [2.05, 4.69) is 15.5 Å². The monoisotopic (exact) mass is 412 g/mol. The first kappa shape index (κ1) is 20.9. The highest BCUT2D eigenvalue weighted by molar-refractivity contribution is 5.96. The number of esters is 1. The summed E-state index contributed by atoms with van der Waals surface area (Å²) in [6, 6.07) is 13.1. The van der Waals surface area contributed by atoms with Crippen LogP contribution in [0.25, 0.3) is 11.5 Å². The maximum atomic E-state index is 12.7. The van der Waals surface area contributed by atoms with Crippen LogP contribution in [0.4, 0.5) is 11.4 Å². The van der Waals surface area contributed by atoms with Crippen molar-refractivity contribution >= 4 is 17.3 Å². The number of nitrogens with one attached hydrogen (secondary N) is 1. The minimum Gasteiger partial charge on any atom is -0.449 e. The zero-order valence-corrected chi connectivity index (χ0v) is 16.4. The summed E-state index contributed by atoms with van der Waals surface area (Å²) >= 11 is 0. The molecule has 0 spiro atoms. The van der Waals surface area contributed by atoms with Crippen LogP contribution in [-0.2, 0) is 9.47 Å². The van der Waals surface area contributed by atoms with Crippen LogP contribution in [0, 0.1) is 10.1 Å². The molecule has 3 rings (SSSR count). The van der Waals surface area contributed by atoms with Crippen molar-refractivity contribution in [2.24, 2.45) is 0 Å². The summed E-state index contributed by atoms with van der Waals surface area (Å²) in [7, 11) is 1.54. The Labute approximate surface area is 172 Å². The molecule has 156 valence electrons. The van der Waals surface area contributed by atoms with Gasteiger partial charge in [-0.2, -0.15) is 0 Å². The first-order valence-electron chi connectivity index (χ1n) is 9.10. The number of carbonyl (C=O) groups is 1. The molecule has 0 aliphatic heterocycles. The van der Waals surface area contributed by atoms with Crippen molar-refractivity contribution < 1.29 is 23.6 Å². The van der Waals surface area contributed by atoms with E-state index in [1.807, 2.05) is 30.3 Å². The summed E-state index contributed by atoms with van der Waals surface area (Å²) in [5.74, 6) is -0.349. The molecule has 0 saturated carbocycles. The number of non-ortho nitro benzene ring substituents is 1. The van der Waals surface area contributed by atoms with Crippen LogP contribution in [0.5, 0.6) is 0 Å². The molecule has 0 aliphatic rings. The number of rotatable bonds is 9. The number of methoxy groups -OCH3 is 1. The van der Waals surface area contributed by atoms with Crippen molar-refractivity contribution in [3.8, 4) is 11.5 Å². The van der Waals surface area contributed by atoms with Crippen molar-refractivity contribution in [3.63, 3.8) is 0 Å². The predicted molar refractivity (Wildman–Crippen MR) is 107 cm³/mol. The van der Waals surface area contributed by atoms with Crippen LogP contribution in [0.1, 0.15) is 29.3 Å². The lowest BCUT2D eigenvalue weighted by molar-refractivity contribution is -0.384. The minimum atomic E-state index is -0.853. The number of ether oxygens (including phenoxy) is 2. The summed E-state index contributed by atoms with van der Waals surface area (Å²) in [4.78, 5) is 23.3. The molecule has 30 heavy (non-hydrogen) atoms. The Morgan fingerprint density at radius 3 is 2.70 bits per heavy atom. The molecule has 1 aromatic heterocycles. The second kappa shape index (κ2) is 9.61. The van der Waals surface area contributed by atoms with Crippen molar-refractivity contribution in [1.29, 1.82) is 0 Å². The molecule has 0 fully saturated rings. The van der Waals surface area contributed by atoms with Crippen molar-refractivity contribution in [2.45, 2.75) is 13.0 Å². The van der Waals surface area contributed by atoms with Gasteiger partial charge in [0.05, 0.1) is 17.1 Å². The molecular formula is C20H20N4O6. The molecule has 0 saturated heterocycles. The van der Waals surface area contributed by atoms with Crippen molar-refractivity contribution in [3.05, 3.63) is 70.1 Å². The van der Waals surface area contributed by atoms with E-state index in [1.54, 1.807) is 14.0 Å². The molecule has 10 nitrogen and oxygen atoms in total. The average Bonchev–Trinajstić information content (AvgIpc) is 3.25. The molecule has 0 amide bonds. The topological polar surface area (TPSA) is 130 Å². The Bertz CT molecular complexity index is 1020. The predicted octanol–water partition coefficient (Wildman–Crippen LogP) is 3.62. The van der Waals surface area contributed by atoms with Gasteiger partial charge in [0.1, 0.15) is 0 Å². The van der Waals surface area contributed by atoms with E-state index in [0.717, 1.165) is 11.6 Å². The average molecular weight is 412 g/mol. The first-order chi connectivity index (χ1) is 14.5. The van der Waals surface area contributed by atoms with Crippen LogP contribution >= 0.6 is 0 Å². The maximum absolute atomic E-state index is 12.7. The van der Waals surface area contributed by atoms with Gasteiger partial charge in [0.15, 0.2) is 6.10 Å². The third-order valence-electron chi connectivity index (χ3n) is 4.15. The number of carbonyl (C=O) groups excluding carboxylic acids is 1. The summed E-state index contributed by atoms with van der Waals surface area (Å²) in [6.07, 6.45) is -0.853. The third-order valence-corrected chi connectivity index (χ3v) is 4.15. The number of nitrogens with zero attached hydrogens (tertiary/aromatic N) is 3. The van der Waals surface area contributed by atoms with Crippen LogP contribution in [0.2, 0.25) is 0 Å². The highest BCUT2D eigenvalue weighted by Gasteiger charge is 2.23. The van der Waals surface area contributed by atoms with E-state index in [1.165, 1.54) is 12.1 Å². The number of aromatic nitrogens is 2. The maximum Gasteiger partial charge on any atom is 0.341 e. The lowest BCUT2D eigenvalue weighted by atomic mass is 10.1. The largest absolute Gasteiger partial charge is 0.449 e. The second-order valence-corrected chi connectivity index (χ2v) is 6.27. The quantitative estimate of drug-likeness (QED) is 0.242. The van der Waals surface area contributed by atoms with E-state index in [4.69, 9.17) is 13.9 Å². The fraction of sp³-hybridized carbons (Fsp3) is 0.250. The molecule has 0 unspecified atom stereocenters. The molecule has 0 aliphatic carbocycles. The highest BCUT2D eigenvalue weighted by atomic mass is 16.6. The summed E-state index contributed by atoms with van der Waals surface area (Å²) < 4.78 is 16.0. The molecule has 0 bridgehead atoms. The Balaban J connectivity index is 1.78.